The summed E-state index contributed by atoms with van der Waals surface area (Å²) in [5.41, 5.74) is 3.27. The molecule has 2 N–H and O–H groups in total. The first-order chi connectivity index (χ1) is 13.2. The molecule has 3 atom stereocenters. The van der Waals surface area contributed by atoms with Crippen LogP contribution >= 0.6 is 0 Å². The second-order valence-corrected chi connectivity index (χ2v) is 8.04. The van der Waals surface area contributed by atoms with Gasteiger partial charge in [-0.15, -0.1) is 0 Å². The van der Waals surface area contributed by atoms with Crippen LogP contribution in [0.1, 0.15) is 56.3 Å². The Kier molecular flexibility index (Phi) is 5.42. The third-order valence-corrected chi connectivity index (χ3v) is 6.26. The van der Waals surface area contributed by atoms with Crippen molar-refractivity contribution in [1.82, 2.24) is 10.3 Å². The fraction of sp³-hybridized carbons (Fsp3) is 0.478. The van der Waals surface area contributed by atoms with Gasteiger partial charge in [0.2, 0.25) is 5.91 Å². The zero-order chi connectivity index (χ0) is 18.6. The van der Waals surface area contributed by atoms with E-state index in [0.717, 1.165) is 17.8 Å². The van der Waals surface area contributed by atoms with E-state index in [-0.39, 0.29) is 11.9 Å². The highest BCUT2D eigenvalue weighted by Crippen LogP contribution is 2.41. The van der Waals surface area contributed by atoms with E-state index in [2.05, 4.69) is 40.7 Å². The molecule has 1 fully saturated rings. The average Bonchev–Trinajstić information content (AvgIpc) is 3.24. The number of nitrogens with one attached hydrogen (secondary N) is 2. The first-order valence-corrected chi connectivity index (χ1v) is 10.3. The van der Waals surface area contributed by atoms with Crippen molar-refractivity contribution < 1.29 is 4.79 Å². The summed E-state index contributed by atoms with van der Waals surface area (Å²) < 4.78 is 0. The Labute approximate surface area is 161 Å². The number of nitrogens with zero attached hydrogens (tertiary/aromatic N) is 1. The Hall–Kier alpha value is -2.36. The van der Waals surface area contributed by atoms with Gasteiger partial charge >= 0.3 is 0 Å². The maximum absolute atomic E-state index is 12.7. The van der Waals surface area contributed by atoms with Crippen molar-refractivity contribution >= 4 is 11.6 Å². The van der Waals surface area contributed by atoms with Crippen LogP contribution in [0.3, 0.4) is 0 Å². The van der Waals surface area contributed by atoms with Crippen molar-refractivity contribution in [3.05, 3.63) is 59.9 Å². The van der Waals surface area contributed by atoms with Crippen molar-refractivity contribution in [3.63, 3.8) is 0 Å². The van der Waals surface area contributed by atoms with Gasteiger partial charge in [0.25, 0.3) is 0 Å². The van der Waals surface area contributed by atoms with Crippen LogP contribution < -0.4 is 10.6 Å². The molecule has 0 saturated heterocycles. The molecule has 142 valence electrons. The Morgan fingerprint density at radius 3 is 2.70 bits per heavy atom. The van der Waals surface area contributed by atoms with E-state index in [1.54, 1.807) is 0 Å². The number of rotatable bonds is 5. The summed E-state index contributed by atoms with van der Waals surface area (Å²) in [6.07, 6.45) is 8.32. The van der Waals surface area contributed by atoms with Gasteiger partial charge in [-0.05, 0) is 42.9 Å². The number of pyridine rings is 1. The number of anilines is 1. The molecule has 1 aromatic carbocycles. The van der Waals surface area contributed by atoms with E-state index in [4.69, 9.17) is 0 Å². The van der Waals surface area contributed by atoms with Crippen LogP contribution in [0.4, 0.5) is 5.69 Å². The number of hydrogen-bond acceptors (Lipinski definition) is 3. The van der Waals surface area contributed by atoms with Gasteiger partial charge in [-0.3, -0.25) is 9.78 Å². The van der Waals surface area contributed by atoms with Crippen LogP contribution in [-0.2, 0) is 11.2 Å². The van der Waals surface area contributed by atoms with E-state index >= 15 is 0 Å². The van der Waals surface area contributed by atoms with Crippen LogP contribution in [0.5, 0.6) is 0 Å². The molecule has 1 aliphatic carbocycles. The predicted octanol–water partition coefficient (Wildman–Crippen LogP) is 4.49. The molecule has 2 aromatic rings. The number of hydrogen-bond donors (Lipinski definition) is 2. The summed E-state index contributed by atoms with van der Waals surface area (Å²) in [6, 6.07) is 14.7. The lowest BCUT2D eigenvalue weighted by atomic mass is 9.79. The number of fused-ring (bicyclic) bond motifs is 1. The molecule has 4 nitrogen and oxygen atoms in total. The van der Waals surface area contributed by atoms with Gasteiger partial charge in [-0.25, -0.2) is 0 Å². The lowest BCUT2D eigenvalue weighted by Gasteiger charge is -2.41. The lowest BCUT2D eigenvalue weighted by Crippen LogP contribution is -2.47. The molecule has 0 bridgehead atoms. The highest BCUT2D eigenvalue weighted by molar-refractivity contribution is 5.77. The molecular weight excluding hydrogens is 334 g/mol. The van der Waals surface area contributed by atoms with Crippen molar-refractivity contribution in [1.29, 1.82) is 0 Å². The zero-order valence-corrected chi connectivity index (χ0v) is 16.0. The van der Waals surface area contributed by atoms with Gasteiger partial charge in [0, 0.05) is 24.6 Å². The summed E-state index contributed by atoms with van der Waals surface area (Å²) in [6.45, 7) is 2.26. The van der Waals surface area contributed by atoms with Gasteiger partial charge in [0.1, 0.15) is 0 Å². The van der Waals surface area contributed by atoms with E-state index in [1.807, 2.05) is 30.5 Å². The number of carbonyl (C=O) groups excluding carboxylic acids is 1. The number of benzene rings is 1. The Morgan fingerprint density at radius 2 is 1.93 bits per heavy atom. The summed E-state index contributed by atoms with van der Waals surface area (Å²) in [7, 11) is 0. The number of amides is 1. The molecule has 1 saturated carbocycles. The highest BCUT2D eigenvalue weighted by Gasteiger charge is 2.39. The molecule has 1 aromatic heterocycles. The van der Waals surface area contributed by atoms with Crippen LogP contribution in [0.2, 0.25) is 0 Å². The average molecular weight is 364 g/mol. The Morgan fingerprint density at radius 1 is 1.15 bits per heavy atom. The molecule has 0 spiro atoms. The summed E-state index contributed by atoms with van der Waals surface area (Å²) >= 11 is 0. The van der Waals surface area contributed by atoms with Gasteiger partial charge in [-0.2, -0.15) is 0 Å². The minimum absolute atomic E-state index is 0.0173. The Bertz CT molecular complexity index is 770. The molecule has 0 radical (unpaired) electrons. The summed E-state index contributed by atoms with van der Waals surface area (Å²) in [5, 5.41) is 7.04. The van der Waals surface area contributed by atoms with Gasteiger partial charge < -0.3 is 10.6 Å². The SMILES string of the molecule is C[C@H]1C(C2CCCC2)Nc2cccnc2[C@@H]1NC(=O)CCc1ccccc1. The molecule has 4 heteroatoms. The first kappa shape index (κ1) is 18.0. The molecule has 2 heterocycles. The number of carbonyl (C=O) groups is 1. The molecule has 1 aliphatic heterocycles. The fourth-order valence-electron chi connectivity index (χ4n) is 4.77. The van der Waals surface area contributed by atoms with Crippen molar-refractivity contribution in [2.24, 2.45) is 11.8 Å². The first-order valence-electron chi connectivity index (χ1n) is 10.3. The third kappa shape index (κ3) is 4.00. The number of aromatic nitrogens is 1. The maximum Gasteiger partial charge on any atom is 0.220 e. The highest BCUT2D eigenvalue weighted by atomic mass is 16.1. The van der Waals surface area contributed by atoms with E-state index in [1.165, 1.54) is 31.2 Å². The Balaban J connectivity index is 1.48. The molecule has 27 heavy (non-hydrogen) atoms. The van der Waals surface area contributed by atoms with Crippen LogP contribution in [0.25, 0.3) is 0 Å². The zero-order valence-electron chi connectivity index (χ0n) is 16.0. The monoisotopic (exact) mass is 363 g/mol. The van der Waals surface area contributed by atoms with Gasteiger partial charge in [0.15, 0.2) is 0 Å². The largest absolute Gasteiger partial charge is 0.380 e. The summed E-state index contributed by atoms with van der Waals surface area (Å²) in [5.74, 6) is 1.13. The maximum atomic E-state index is 12.7. The quantitative estimate of drug-likeness (QED) is 0.823. The molecule has 1 amide bonds. The molecule has 1 unspecified atom stereocenters. The third-order valence-electron chi connectivity index (χ3n) is 6.26. The van der Waals surface area contributed by atoms with Gasteiger partial charge in [-0.1, -0.05) is 50.1 Å². The molecule has 4 rings (SSSR count). The molecular formula is C23H29N3O. The summed E-state index contributed by atoms with van der Waals surface area (Å²) in [4.78, 5) is 17.3. The van der Waals surface area contributed by atoms with Crippen molar-refractivity contribution in [2.75, 3.05) is 5.32 Å². The second kappa shape index (κ2) is 8.12. The van der Waals surface area contributed by atoms with Crippen LogP contribution in [-0.4, -0.2) is 16.9 Å². The standard InChI is InChI=1S/C23H29N3O/c1-16-21(18-10-5-6-11-18)25-19-12-7-15-24-23(19)22(16)26-20(27)14-13-17-8-3-2-4-9-17/h2-4,7-9,12,15-16,18,21-22,25H,5-6,10-11,13-14H2,1H3,(H,26,27)/t16-,21?,22+/m0/s1. The van der Waals surface area contributed by atoms with E-state index in [0.29, 0.717) is 24.3 Å². The second-order valence-electron chi connectivity index (χ2n) is 8.04. The van der Waals surface area contributed by atoms with E-state index in [9.17, 15) is 4.79 Å². The minimum atomic E-state index is -0.0173. The van der Waals surface area contributed by atoms with Crippen LogP contribution in [0, 0.1) is 11.8 Å². The van der Waals surface area contributed by atoms with Crippen LogP contribution in [0.15, 0.2) is 48.7 Å². The fourth-order valence-corrected chi connectivity index (χ4v) is 4.77. The smallest absolute Gasteiger partial charge is 0.220 e. The minimum Gasteiger partial charge on any atom is -0.380 e. The van der Waals surface area contributed by atoms with Crippen molar-refractivity contribution in [2.45, 2.75) is 57.5 Å². The molecule has 2 aliphatic rings. The number of aryl methyl sites for hydroxylation is 1. The van der Waals surface area contributed by atoms with Crippen molar-refractivity contribution in [3.8, 4) is 0 Å². The lowest BCUT2D eigenvalue weighted by molar-refractivity contribution is -0.122. The van der Waals surface area contributed by atoms with E-state index < -0.39 is 0 Å². The topological polar surface area (TPSA) is 54.0 Å². The van der Waals surface area contributed by atoms with Gasteiger partial charge in [0.05, 0.1) is 17.4 Å². The normalized spacial score (nSPS) is 24.9. The predicted molar refractivity (Wildman–Crippen MR) is 108 cm³/mol.